The van der Waals surface area contributed by atoms with E-state index in [0.29, 0.717) is 16.9 Å². The summed E-state index contributed by atoms with van der Waals surface area (Å²) in [6.07, 6.45) is 0. The number of rotatable bonds is 3. The summed E-state index contributed by atoms with van der Waals surface area (Å²) in [6.45, 7) is 12.4. The van der Waals surface area contributed by atoms with Gasteiger partial charge in [0.1, 0.15) is 11.5 Å². The number of aryl methyl sites for hydroxylation is 6. The molecular formula is C27H26O2. The number of ketones is 1. The molecule has 0 atom stereocenters. The fourth-order valence-electron chi connectivity index (χ4n) is 4.59. The summed E-state index contributed by atoms with van der Waals surface area (Å²) in [4.78, 5) is 13.5. The number of carbonyl (C=O) groups is 1. The zero-order chi connectivity index (χ0) is 20.9. The SMILES string of the molecule is Cc1cc(C)c(OC2=C(c3c(C)cc(C)cc3C)C(=O)c3ccccc32)c(C)c1. The molecule has 0 radical (unpaired) electrons. The minimum Gasteiger partial charge on any atom is -0.455 e. The molecule has 0 heterocycles. The number of hydrogen-bond donors (Lipinski definition) is 0. The fraction of sp³-hybridized carbons (Fsp3) is 0.222. The lowest BCUT2D eigenvalue weighted by Crippen LogP contribution is -2.05. The van der Waals surface area contributed by atoms with Gasteiger partial charge in [-0.2, -0.15) is 0 Å². The third kappa shape index (κ3) is 3.19. The van der Waals surface area contributed by atoms with Gasteiger partial charge in [-0.1, -0.05) is 59.7 Å². The number of fused-ring (bicyclic) bond motifs is 1. The van der Waals surface area contributed by atoms with Crippen molar-refractivity contribution in [2.75, 3.05) is 0 Å². The zero-order valence-electron chi connectivity index (χ0n) is 17.9. The highest BCUT2D eigenvalue weighted by atomic mass is 16.5. The molecule has 0 bridgehead atoms. The Morgan fingerprint density at radius 3 is 1.69 bits per heavy atom. The summed E-state index contributed by atoms with van der Waals surface area (Å²) < 4.78 is 6.55. The third-order valence-corrected chi connectivity index (χ3v) is 5.61. The van der Waals surface area contributed by atoms with E-state index in [1.165, 1.54) is 11.1 Å². The van der Waals surface area contributed by atoms with Gasteiger partial charge in [-0.3, -0.25) is 4.79 Å². The van der Waals surface area contributed by atoms with Crippen LogP contribution in [0, 0.1) is 41.5 Å². The first-order chi connectivity index (χ1) is 13.8. The van der Waals surface area contributed by atoms with Crippen molar-refractivity contribution in [1.29, 1.82) is 0 Å². The summed E-state index contributed by atoms with van der Waals surface area (Å²) >= 11 is 0. The molecule has 0 fully saturated rings. The Labute approximate surface area is 172 Å². The Bertz CT molecular complexity index is 1150. The second-order valence-corrected chi connectivity index (χ2v) is 8.18. The van der Waals surface area contributed by atoms with Crippen LogP contribution in [0.3, 0.4) is 0 Å². The third-order valence-electron chi connectivity index (χ3n) is 5.61. The molecule has 0 aromatic heterocycles. The van der Waals surface area contributed by atoms with Crippen molar-refractivity contribution >= 4 is 17.1 Å². The minimum atomic E-state index is 0.0353. The first kappa shape index (κ1) is 19.2. The second-order valence-electron chi connectivity index (χ2n) is 8.18. The fourth-order valence-corrected chi connectivity index (χ4v) is 4.59. The predicted octanol–water partition coefficient (Wildman–Crippen LogP) is 6.68. The lowest BCUT2D eigenvalue weighted by atomic mass is 9.92. The van der Waals surface area contributed by atoms with Crippen molar-refractivity contribution in [3.05, 3.63) is 98.6 Å². The van der Waals surface area contributed by atoms with Crippen LogP contribution < -0.4 is 4.74 Å². The summed E-state index contributed by atoms with van der Waals surface area (Å²) in [5, 5.41) is 0. The highest BCUT2D eigenvalue weighted by Crippen LogP contribution is 2.42. The normalized spacial score (nSPS) is 13.1. The first-order valence-corrected chi connectivity index (χ1v) is 10.00. The molecule has 1 aliphatic carbocycles. The number of ether oxygens (including phenoxy) is 1. The molecule has 0 unspecified atom stereocenters. The van der Waals surface area contributed by atoms with Gasteiger partial charge in [-0.05, 0) is 69.4 Å². The quantitative estimate of drug-likeness (QED) is 0.505. The van der Waals surface area contributed by atoms with E-state index >= 15 is 0 Å². The lowest BCUT2D eigenvalue weighted by Gasteiger charge is -2.17. The molecule has 0 amide bonds. The molecule has 2 heteroatoms. The van der Waals surface area contributed by atoms with Gasteiger partial charge in [-0.15, -0.1) is 0 Å². The number of Topliss-reactive ketones (excluding diaryl/α,β-unsaturated/α-hetero) is 1. The molecule has 2 nitrogen and oxygen atoms in total. The first-order valence-electron chi connectivity index (χ1n) is 10.00. The van der Waals surface area contributed by atoms with E-state index < -0.39 is 0 Å². The monoisotopic (exact) mass is 382 g/mol. The predicted molar refractivity (Wildman–Crippen MR) is 120 cm³/mol. The summed E-state index contributed by atoms with van der Waals surface area (Å²) in [5.74, 6) is 1.53. The summed E-state index contributed by atoms with van der Waals surface area (Å²) in [6, 6.07) is 16.2. The molecule has 3 aromatic rings. The van der Waals surface area contributed by atoms with E-state index in [-0.39, 0.29) is 5.78 Å². The molecule has 0 aliphatic heterocycles. The number of allylic oxidation sites excluding steroid dienone is 1. The van der Waals surface area contributed by atoms with Crippen molar-refractivity contribution in [1.82, 2.24) is 0 Å². The van der Waals surface area contributed by atoms with Crippen LogP contribution in [-0.2, 0) is 0 Å². The number of carbonyl (C=O) groups excluding carboxylic acids is 1. The lowest BCUT2D eigenvalue weighted by molar-refractivity contribution is 0.105. The van der Waals surface area contributed by atoms with Gasteiger partial charge in [0.2, 0.25) is 0 Å². The maximum atomic E-state index is 13.5. The van der Waals surface area contributed by atoms with Crippen LogP contribution in [0.15, 0.2) is 48.5 Å². The molecule has 0 saturated heterocycles. The van der Waals surface area contributed by atoms with Gasteiger partial charge in [0, 0.05) is 11.1 Å². The van der Waals surface area contributed by atoms with Crippen molar-refractivity contribution in [3.63, 3.8) is 0 Å². The average Bonchev–Trinajstić information content (AvgIpc) is 2.90. The van der Waals surface area contributed by atoms with Crippen LogP contribution in [-0.4, -0.2) is 5.78 Å². The highest BCUT2D eigenvalue weighted by Gasteiger charge is 2.34. The van der Waals surface area contributed by atoms with E-state index in [1.807, 2.05) is 24.3 Å². The van der Waals surface area contributed by atoms with Crippen LogP contribution in [0.1, 0.15) is 54.9 Å². The summed E-state index contributed by atoms with van der Waals surface area (Å²) in [7, 11) is 0. The Morgan fingerprint density at radius 2 is 1.14 bits per heavy atom. The highest BCUT2D eigenvalue weighted by molar-refractivity contribution is 6.39. The minimum absolute atomic E-state index is 0.0353. The topological polar surface area (TPSA) is 26.3 Å². The molecule has 0 spiro atoms. The summed E-state index contributed by atoms with van der Waals surface area (Å²) in [5.41, 5.74) is 9.95. The zero-order valence-corrected chi connectivity index (χ0v) is 17.9. The maximum absolute atomic E-state index is 13.5. The Hall–Kier alpha value is -3.13. The van der Waals surface area contributed by atoms with Gasteiger partial charge in [0.25, 0.3) is 0 Å². The molecule has 3 aromatic carbocycles. The molecule has 4 rings (SSSR count). The van der Waals surface area contributed by atoms with Crippen LogP contribution in [0.5, 0.6) is 5.75 Å². The Balaban J connectivity index is 1.99. The van der Waals surface area contributed by atoms with Gasteiger partial charge in [-0.25, -0.2) is 0 Å². The largest absolute Gasteiger partial charge is 0.455 e. The second kappa shape index (κ2) is 7.04. The molecule has 0 N–H and O–H groups in total. The van der Waals surface area contributed by atoms with Crippen molar-refractivity contribution in [2.24, 2.45) is 0 Å². The average molecular weight is 383 g/mol. The molecule has 29 heavy (non-hydrogen) atoms. The van der Waals surface area contributed by atoms with Crippen molar-refractivity contribution in [2.45, 2.75) is 41.5 Å². The van der Waals surface area contributed by atoms with Crippen LogP contribution in [0.25, 0.3) is 11.3 Å². The van der Waals surface area contributed by atoms with Crippen molar-refractivity contribution in [3.8, 4) is 5.75 Å². The standard InChI is InChI=1S/C27H26O2/c1-15-11-17(3)23(18(4)12-15)24-25(28)21-9-7-8-10-22(21)27(24)29-26-19(5)13-16(2)14-20(26)6/h7-14H,1-6H3. The molecule has 0 saturated carbocycles. The van der Waals surface area contributed by atoms with E-state index in [4.69, 9.17) is 4.74 Å². The van der Waals surface area contributed by atoms with Gasteiger partial charge in [0.05, 0.1) is 5.57 Å². The van der Waals surface area contributed by atoms with E-state index in [0.717, 1.165) is 39.1 Å². The van der Waals surface area contributed by atoms with E-state index in [1.54, 1.807) is 0 Å². The Morgan fingerprint density at radius 1 is 0.655 bits per heavy atom. The van der Waals surface area contributed by atoms with Crippen LogP contribution >= 0.6 is 0 Å². The maximum Gasteiger partial charge on any atom is 0.198 e. The molecular weight excluding hydrogens is 356 g/mol. The van der Waals surface area contributed by atoms with Crippen LogP contribution in [0.2, 0.25) is 0 Å². The van der Waals surface area contributed by atoms with Gasteiger partial charge in [0.15, 0.2) is 5.78 Å². The smallest absolute Gasteiger partial charge is 0.198 e. The van der Waals surface area contributed by atoms with E-state index in [2.05, 4.69) is 65.8 Å². The Kier molecular flexibility index (Phi) is 4.66. The van der Waals surface area contributed by atoms with Gasteiger partial charge >= 0.3 is 0 Å². The van der Waals surface area contributed by atoms with Crippen LogP contribution in [0.4, 0.5) is 0 Å². The number of hydrogen-bond acceptors (Lipinski definition) is 2. The molecule has 1 aliphatic rings. The number of benzene rings is 3. The van der Waals surface area contributed by atoms with Crippen molar-refractivity contribution < 1.29 is 9.53 Å². The van der Waals surface area contributed by atoms with Gasteiger partial charge < -0.3 is 4.74 Å². The van der Waals surface area contributed by atoms with E-state index in [9.17, 15) is 4.79 Å². The molecule has 146 valence electrons.